The Bertz CT molecular complexity index is 740. The Morgan fingerprint density at radius 3 is 2.79 bits per heavy atom. The first-order chi connectivity index (χ1) is 11.8. The summed E-state index contributed by atoms with van der Waals surface area (Å²) in [6.45, 7) is 0.297. The molecule has 1 saturated carbocycles. The Hall–Kier alpha value is -2.15. The first-order valence-corrected chi connectivity index (χ1v) is 9.22. The van der Waals surface area contributed by atoms with Crippen LogP contribution in [-0.2, 0) is 4.74 Å². The maximum absolute atomic E-state index is 5.79. The van der Waals surface area contributed by atoms with Crippen LogP contribution in [0.25, 0.3) is 0 Å². The molecule has 3 aliphatic heterocycles. The maximum atomic E-state index is 5.79. The molecule has 0 unspecified atom stereocenters. The van der Waals surface area contributed by atoms with Gasteiger partial charge in [0.05, 0.1) is 0 Å². The number of benzene rings is 1. The van der Waals surface area contributed by atoms with Gasteiger partial charge in [0.25, 0.3) is 5.90 Å². The van der Waals surface area contributed by atoms with Gasteiger partial charge in [0.2, 0.25) is 0 Å². The Morgan fingerprint density at radius 2 is 1.96 bits per heavy atom. The third kappa shape index (κ3) is 2.18. The summed E-state index contributed by atoms with van der Waals surface area (Å²) in [5.41, 5.74) is 0. The van der Waals surface area contributed by atoms with Crippen LogP contribution in [0.4, 0.5) is 0 Å². The second kappa shape index (κ2) is 5.44. The molecule has 0 atom stereocenters. The molecule has 6 nitrogen and oxygen atoms in total. The number of rotatable bonds is 3. The van der Waals surface area contributed by atoms with E-state index < -0.39 is 0 Å². The first kappa shape index (κ1) is 14.2. The van der Waals surface area contributed by atoms with Gasteiger partial charge in [-0.15, -0.1) is 10.2 Å². The van der Waals surface area contributed by atoms with Gasteiger partial charge in [0.1, 0.15) is 10.6 Å². The van der Waals surface area contributed by atoms with E-state index >= 15 is 0 Å². The number of hydrogen-bond acceptors (Lipinski definition) is 7. The lowest BCUT2D eigenvalue weighted by Gasteiger charge is -2.37. The van der Waals surface area contributed by atoms with Crippen LogP contribution in [0, 0.1) is 0 Å². The molecule has 0 radical (unpaired) electrons. The molecule has 24 heavy (non-hydrogen) atoms. The summed E-state index contributed by atoms with van der Waals surface area (Å²) in [6, 6.07) is 10.2. The van der Waals surface area contributed by atoms with Crippen molar-refractivity contribution in [3.05, 3.63) is 41.6 Å². The molecule has 0 N–H and O–H groups in total. The van der Waals surface area contributed by atoms with Gasteiger partial charge in [0.15, 0.2) is 12.4 Å². The van der Waals surface area contributed by atoms with Crippen molar-refractivity contribution in [3.8, 4) is 5.75 Å². The molecule has 1 aromatic carbocycles. The molecule has 1 fully saturated rings. The number of ether oxygens (including phenoxy) is 2. The Balaban J connectivity index is 1.29. The Kier molecular flexibility index (Phi) is 3.22. The summed E-state index contributed by atoms with van der Waals surface area (Å²) in [7, 11) is 0. The van der Waals surface area contributed by atoms with Crippen LogP contribution >= 0.6 is 11.8 Å². The third-order valence-corrected chi connectivity index (χ3v) is 6.08. The minimum atomic E-state index is 0.0739. The van der Waals surface area contributed by atoms with Crippen LogP contribution in [0.1, 0.15) is 32.1 Å². The van der Waals surface area contributed by atoms with Gasteiger partial charge in [-0.2, -0.15) is 5.01 Å². The smallest absolute Gasteiger partial charge is 0.344 e. The molecule has 4 aliphatic rings. The van der Waals surface area contributed by atoms with Crippen molar-refractivity contribution < 1.29 is 9.47 Å². The molecular formula is C17H18N4O2S. The number of thioether (sulfide) groups is 1. The van der Waals surface area contributed by atoms with Gasteiger partial charge in [-0.3, -0.25) is 0 Å². The van der Waals surface area contributed by atoms with Crippen LogP contribution in [-0.4, -0.2) is 33.4 Å². The molecule has 0 bridgehead atoms. The largest absolute Gasteiger partial charge is 0.484 e. The minimum Gasteiger partial charge on any atom is -0.484 e. The maximum Gasteiger partial charge on any atom is 0.344 e. The minimum absolute atomic E-state index is 0.0739. The lowest BCUT2D eigenvalue weighted by Crippen LogP contribution is -2.40. The van der Waals surface area contributed by atoms with Crippen LogP contribution in [0.3, 0.4) is 0 Å². The van der Waals surface area contributed by atoms with Gasteiger partial charge in [-0.1, -0.05) is 49.2 Å². The summed E-state index contributed by atoms with van der Waals surface area (Å²) < 4.78 is 11.5. The molecule has 124 valence electrons. The molecule has 0 saturated heterocycles. The lowest BCUT2D eigenvalue weighted by atomic mass is 9.94. The molecule has 0 aromatic heterocycles. The monoisotopic (exact) mass is 342 g/mol. The Labute approximate surface area is 144 Å². The molecule has 3 heterocycles. The van der Waals surface area contributed by atoms with Crippen molar-refractivity contribution in [2.24, 2.45) is 10.2 Å². The average molecular weight is 342 g/mol. The van der Waals surface area contributed by atoms with E-state index in [0.717, 1.165) is 24.4 Å². The van der Waals surface area contributed by atoms with Gasteiger partial charge in [-0.25, -0.2) is 5.01 Å². The van der Waals surface area contributed by atoms with E-state index in [0.29, 0.717) is 18.5 Å². The van der Waals surface area contributed by atoms with E-state index in [1.165, 1.54) is 19.3 Å². The van der Waals surface area contributed by atoms with Gasteiger partial charge in [0, 0.05) is 5.41 Å². The second-order valence-electron chi connectivity index (χ2n) is 6.30. The quantitative estimate of drug-likeness (QED) is 0.841. The van der Waals surface area contributed by atoms with Crippen LogP contribution in [0.5, 0.6) is 5.75 Å². The van der Waals surface area contributed by atoms with Crippen LogP contribution in [0.15, 0.2) is 51.8 Å². The number of hydrazone groups is 2. The number of hydrogen-bond donors (Lipinski definition) is 0. The van der Waals surface area contributed by atoms with E-state index in [9.17, 15) is 0 Å². The lowest BCUT2D eigenvalue weighted by molar-refractivity contribution is 0.170. The number of nitrogens with zero attached hydrogens (tertiary/aromatic N) is 4. The van der Waals surface area contributed by atoms with Crippen molar-refractivity contribution in [3.63, 3.8) is 0 Å². The van der Waals surface area contributed by atoms with Gasteiger partial charge in [-0.05, 0) is 25.0 Å². The van der Waals surface area contributed by atoms with Crippen molar-refractivity contribution >= 4 is 23.7 Å². The molecule has 1 aromatic rings. The summed E-state index contributed by atoms with van der Waals surface area (Å²) >= 11 is 1.88. The van der Waals surface area contributed by atoms with Crippen LogP contribution < -0.4 is 4.74 Å². The summed E-state index contributed by atoms with van der Waals surface area (Å²) in [6.07, 6.45) is 6.17. The van der Waals surface area contributed by atoms with Crippen LogP contribution in [0.2, 0.25) is 0 Å². The average Bonchev–Trinajstić information content (AvgIpc) is 3.27. The van der Waals surface area contributed by atoms with Crippen molar-refractivity contribution in [1.82, 2.24) is 10.0 Å². The highest BCUT2D eigenvalue weighted by Gasteiger charge is 2.51. The number of fused-ring (bicyclic) bond motifs is 4. The van der Waals surface area contributed by atoms with E-state index in [1.54, 1.807) is 5.01 Å². The summed E-state index contributed by atoms with van der Waals surface area (Å²) in [4.78, 5) is 0.0739. The van der Waals surface area contributed by atoms with Gasteiger partial charge < -0.3 is 9.47 Å². The van der Waals surface area contributed by atoms with E-state index in [4.69, 9.17) is 9.47 Å². The fourth-order valence-corrected chi connectivity index (χ4v) is 4.81. The second-order valence-corrected chi connectivity index (χ2v) is 7.54. The topological polar surface area (TPSA) is 49.7 Å². The zero-order valence-electron chi connectivity index (χ0n) is 13.2. The highest BCUT2D eigenvalue weighted by molar-refractivity contribution is 8.03. The molecule has 7 heteroatoms. The van der Waals surface area contributed by atoms with E-state index in [2.05, 4.69) is 20.6 Å². The summed E-state index contributed by atoms with van der Waals surface area (Å²) in [5, 5.41) is 15.3. The van der Waals surface area contributed by atoms with Crippen molar-refractivity contribution in [2.45, 2.75) is 37.0 Å². The summed E-state index contributed by atoms with van der Waals surface area (Å²) in [5.74, 6) is 2.34. The van der Waals surface area contributed by atoms with E-state index in [-0.39, 0.29) is 4.87 Å². The zero-order chi connectivity index (χ0) is 16.0. The number of para-hydroxylation sites is 1. The predicted octanol–water partition coefficient (Wildman–Crippen LogP) is 3.50. The van der Waals surface area contributed by atoms with Gasteiger partial charge >= 0.3 is 6.02 Å². The zero-order valence-corrected chi connectivity index (χ0v) is 14.0. The third-order valence-electron chi connectivity index (χ3n) is 4.73. The SMILES string of the molecule is C1=C2N3N=C(COc4ccccc4)OC3=NN2C2(CCCCC2)S1. The highest BCUT2D eigenvalue weighted by Crippen LogP contribution is 2.52. The highest BCUT2D eigenvalue weighted by atomic mass is 32.2. The molecule has 5 rings (SSSR count). The molecule has 1 aliphatic carbocycles. The Morgan fingerprint density at radius 1 is 1.12 bits per heavy atom. The predicted molar refractivity (Wildman–Crippen MR) is 93.1 cm³/mol. The van der Waals surface area contributed by atoms with E-state index in [1.807, 2.05) is 42.1 Å². The van der Waals surface area contributed by atoms with Crippen molar-refractivity contribution in [1.29, 1.82) is 0 Å². The fraction of sp³-hybridized carbons (Fsp3) is 0.412. The van der Waals surface area contributed by atoms with Crippen molar-refractivity contribution in [2.75, 3.05) is 6.61 Å². The molecule has 1 spiro atoms. The standard InChI is InChI=1S/C17H18N4O2S/c1-3-7-13(8-4-1)22-11-14-18-20-15-12-24-17(9-5-2-6-10-17)21(15)19-16(20)23-14/h1,3-4,7-8,12H,2,5-6,9-11H2. The molecular weight excluding hydrogens is 324 g/mol. The first-order valence-electron chi connectivity index (χ1n) is 8.34. The number of amidine groups is 1. The fourth-order valence-electron chi connectivity index (χ4n) is 3.53. The normalized spacial score (nSPS) is 23.4. The molecule has 0 amide bonds.